The van der Waals surface area contributed by atoms with E-state index in [0.29, 0.717) is 12.0 Å². The lowest BCUT2D eigenvalue weighted by molar-refractivity contribution is 0.0921. The monoisotopic (exact) mass is 393 g/mol. The standard InChI is InChI=1S/C22H21BFNO4/c24-21-14-19(11-12-20(21)23(27)28)29-15-18(13-16-7-3-1-4-8-16)25-22(26)17-9-5-2-6-10-17/h1-12,14,18,27-28H,13,15H2,(H,25,26)/t18-/m0/s1. The van der Waals surface area contributed by atoms with Crippen molar-refractivity contribution in [3.05, 3.63) is 95.8 Å². The molecular weight excluding hydrogens is 372 g/mol. The summed E-state index contributed by atoms with van der Waals surface area (Å²) in [6.07, 6.45) is 0.537. The Balaban J connectivity index is 1.71. The summed E-state index contributed by atoms with van der Waals surface area (Å²) >= 11 is 0. The third-order valence-electron chi connectivity index (χ3n) is 4.40. The van der Waals surface area contributed by atoms with Gasteiger partial charge in [-0.1, -0.05) is 54.6 Å². The van der Waals surface area contributed by atoms with Gasteiger partial charge in [-0.2, -0.15) is 0 Å². The quantitative estimate of drug-likeness (QED) is 0.511. The van der Waals surface area contributed by atoms with Crippen LogP contribution in [0.25, 0.3) is 0 Å². The molecule has 0 aliphatic heterocycles. The van der Waals surface area contributed by atoms with Crippen LogP contribution >= 0.6 is 0 Å². The summed E-state index contributed by atoms with van der Waals surface area (Å²) in [5.41, 5.74) is 1.34. The highest BCUT2D eigenvalue weighted by Crippen LogP contribution is 2.13. The molecule has 0 saturated carbocycles. The zero-order valence-electron chi connectivity index (χ0n) is 15.7. The third-order valence-corrected chi connectivity index (χ3v) is 4.40. The lowest BCUT2D eigenvalue weighted by Crippen LogP contribution is -2.40. The maximum absolute atomic E-state index is 13.9. The Morgan fingerprint density at radius 2 is 1.66 bits per heavy atom. The highest BCUT2D eigenvalue weighted by atomic mass is 19.1. The van der Waals surface area contributed by atoms with Crippen molar-refractivity contribution in [3.63, 3.8) is 0 Å². The zero-order valence-corrected chi connectivity index (χ0v) is 15.7. The van der Waals surface area contributed by atoms with Crippen LogP contribution in [-0.4, -0.2) is 35.7 Å². The lowest BCUT2D eigenvalue weighted by atomic mass is 9.80. The normalized spacial score (nSPS) is 11.6. The summed E-state index contributed by atoms with van der Waals surface area (Å²) in [5, 5.41) is 21.2. The Bertz CT molecular complexity index is 938. The minimum absolute atomic E-state index is 0.119. The third kappa shape index (κ3) is 5.91. The summed E-state index contributed by atoms with van der Waals surface area (Å²) in [6, 6.07) is 22.0. The molecule has 0 radical (unpaired) electrons. The number of amides is 1. The zero-order chi connectivity index (χ0) is 20.6. The van der Waals surface area contributed by atoms with Gasteiger partial charge in [-0.05, 0) is 30.2 Å². The highest BCUT2D eigenvalue weighted by Gasteiger charge is 2.18. The van der Waals surface area contributed by atoms with Gasteiger partial charge >= 0.3 is 7.12 Å². The van der Waals surface area contributed by atoms with E-state index < -0.39 is 12.9 Å². The Morgan fingerprint density at radius 1 is 1.00 bits per heavy atom. The number of carbonyl (C=O) groups is 1. The molecule has 0 aliphatic carbocycles. The van der Waals surface area contributed by atoms with Gasteiger partial charge in [0.15, 0.2) is 0 Å². The number of ether oxygens (including phenoxy) is 1. The molecule has 3 rings (SSSR count). The molecule has 3 aromatic carbocycles. The topological polar surface area (TPSA) is 78.8 Å². The molecule has 3 aromatic rings. The average molecular weight is 393 g/mol. The first-order valence-electron chi connectivity index (χ1n) is 9.21. The predicted molar refractivity (Wildman–Crippen MR) is 110 cm³/mol. The Morgan fingerprint density at radius 3 is 2.28 bits per heavy atom. The molecule has 0 heterocycles. The van der Waals surface area contributed by atoms with Crippen LogP contribution in [-0.2, 0) is 6.42 Å². The first-order valence-corrected chi connectivity index (χ1v) is 9.21. The van der Waals surface area contributed by atoms with Gasteiger partial charge in [0.2, 0.25) is 0 Å². The molecule has 0 unspecified atom stereocenters. The molecule has 0 aliphatic rings. The molecule has 0 fully saturated rings. The molecule has 3 N–H and O–H groups in total. The van der Waals surface area contributed by atoms with E-state index >= 15 is 0 Å². The Labute approximate surface area is 168 Å². The molecule has 7 heteroatoms. The van der Waals surface area contributed by atoms with Crippen molar-refractivity contribution in [3.8, 4) is 5.75 Å². The first-order chi connectivity index (χ1) is 14.0. The molecule has 5 nitrogen and oxygen atoms in total. The van der Waals surface area contributed by atoms with E-state index in [4.69, 9.17) is 14.8 Å². The molecule has 148 valence electrons. The molecule has 0 aromatic heterocycles. The largest absolute Gasteiger partial charge is 0.491 e. The van der Waals surface area contributed by atoms with Crippen LogP contribution in [0, 0.1) is 5.82 Å². The summed E-state index contributed by atoms with van der Waals surface area (Å²) in [5.74, 6) is -0.760. The molecule has 1 amide bonds. The summed E-state index contributed by atoms with van der Waals surface area (Å²) in [6.45, 7) is 0.119. The molecule has 0 bridgehead atoms. The summed E-state index contributed by atoms with van der Waals surface area (Å²) in [4.78, 5) is 12.5. The second kappa shape index (κ2) is 9.86. The van der Waals surface area contributed by atoms with Crippen LogP contribution in [0.5, 0.6) is 5.75 Å². The average Bonchev–Trinajstić information content (AvgIpc) is 2.73. The van der Waals surface area contributed by atoms with E-state index in [1.165, 1.54) is 12.1 Å². The van der Waals surface area contributed by atoms with Gasteiger partial charge in [-0.25, -0.2) is 4.39 Å². The maximum atomic E-state index is 13.9. The van der Waals surface area contributed by atoms with Gasteiger partial charge in [0.1, 0.15) is 18.2 Å². The van der Waals surface area contributed by atoms with E-state index in [2.05, 4.69) is 5.32 Å². The predicted octanol–water partition coefficient (Wildman–Crippen LogP) is 1.93. The van der Waals surface area contributed by atoms with Crippen LogP contribution in [0.4, 0.5) is 4.39 Å². The fraction of sp³-hybridized carbons (Fsp3) is 0.136. The molecular formula is C22H21BFNO4. The van der Waals surface area contributed by atoms with Crippen molar-refractivity contribution in [2.24, 2.45) is 0 Å². The Kier molecular flexibility index (Phi) is 7.00. The van der Waals surface area contributed by atoms with Gasteiger partial charge < -0.3 is 20.1 Å². The molecule has 1 atom stereocenters. The lowest BCUT2D eigenvalue weighted by Gasteiger charge is -2.20. The second-order valence-electron chi connectivity index (χ2n) is 6.59. The maximum Gasteiger partial charge on any atom is 0.491 e. The number of rotatable bonds is 8. The van der Waals surface area contributed by atoms with Gasteiger partial charge in [0, 0.05) is 17.1 Å². The summed E-state index contributed by atoms with van der Waals surface area (Å²) in [7, 11) is -1.89. The molecule has 29 heavy (non-hydrogen) atoms. The van der Waals surface area contributed by atoms with Crippen molar-refractivity contribution < 1.29 is 24.0 Å². The van der Waals surface area contributed by atoms with E-state index in [-0.39, 0.29) is 29.8 Å². The van der Waals surface area contributed by atoms with Gasteiger partial charge in [0.05, 0.1) is 6.04 Å². The van der Waals surface area contributed by atoms with Crippen LogP contribution in [0.15, 0.2) is 78.9 Å². The first kappa shape index (κ1) is 20.6. The van der Waals surface area contributed by atoms with Crippen molar-refractivity contribution in [2.45, 2.75) is 12.5 Å². The van der Waals surface area contributed by atoms with E-state index in [1.54, 1.807) is 24.3 Å². The smallest absolute Gasteiger partial charge is 0.491 e. The molecule has 0 saturated heterocycles. The van der Waals surface area contributed by atoms with Crippen LogP contribution in [0.3, 0.4) is 0 Å². The van der Waals surface area contributed by atoms with Crippen molar-refractivity contribution in [1.29, 1.82) is 0 Å². The number of hydrogen-bond acceptors (Lipinski definition) is 4. The van der Waals surface area contributed by atoms with E-state index in [1.807, 2.05) is 36.4 Å². The number of nitrogens with one attached hydrogen (secondary N) is 1. The van der Waals surface area contributed by atoms with Crippen LogP contribution in [0.1, 0.15) is 15.9 Å². The minimum atomic E-state index is -1.89. The fourth-order valence-corrected chi connectivity index (χ4v) is 2.91. The second-order valence-corrected chi connectivity index (χ2v) is 6.59. The van der Waals surface area contributed by atoms with E-state index in [9.17, 15) is 9.18 Å². The van der Waals surface area contributed by atoms with Gasteiger partial charge in [0.25, 0.3) is 5.91 Å². The molecule has 0 spiro atoms. The van der Waals surface area contributed by atoms with Crippen LogP contribution < -0.4 is 15.5 Å². The highest BCUT2D eigenvalue weighted by molar-refractivity contribution is 6.58. The van der Waals surface area contributed by atoms with Crippen molar-refractivity contribution in [2.75, 3.05) is 6.61 Å². The number of carbonyl (C=O) groups excluding carboxylic acids is 1. The van der Waals surface area contributed by atoms with Crippen LogP contribution in [0.2, 0.25) is 0 Å². The van der Waals surface area contributed by atoms with Gasteiger partial charge in [-0.3, -0.25) is 4.79 Å². The number of hydrogen-bond donors (Lipinski definition) is 3. The van der Waals surface area contributed by atoms with Crippen molar-refractivity contribution in [1.82, 2.24) is 5.32 Å². The number of benzene rings is 3. The summed E-state index contributed by atoms with van der Waals surface area (Å²) < 4.78 is 19.6. The SMILES string of the molecule is O=C(N[C@H](COc1ccc(B(O)O)c(F)c1)Cc1ccccc1)c1ccccc1. The minimum Gasteiger partial charge on any atom is -0.491 e. The Hall–Kier alpha value is -3.16. The number of halogens is 1. The van der Waals surface area contributed by atoms with Crippen molar-refractivity contribution >= 4 is 18.5 Å². The van der Waals surface area contributed by atoms with Gasteiger partial charge in [-0.15, -0.1) is 0 Å². The van der Waals surface area contributed by atoms with E-state index in [0.717, 1.165) is 11.6 Å². The fourth-order valence-electron chi connectivity index (χ4n) is 2.91.